The molecule has 0 aromatic heterocycles. The standard InChI is InChI=1S/C24H20O3/c1-2-27-24(26)22(23(25)18-14-4-3-5-15-18)21-19(16-10-6-7-11-16)20(21)17-12-8-9-13-17/h3-17H,2H2,1H3. The van der Waals surface area contributed by atoms with Crippen LogP contribution in [-0.4, -0.2) is 18.4 Å². The van der Waals surface area contributed by atoms with E-state index in [-0.39, 0.29) is 29.8 Å². The fourth-order valence-electron chi connectivity index (χ4n) is 3.67. The smallest absolute Gasteiger partial charge is 0.342 e. The summed E-state index contributed by atoms with van der Waals surface area (Å²) >= 11 is 0. The first kappa shape index (κ1) is 17.2. The Morgan fingerprint density at radius 1 is 0.852 bits per heavy atom. The summed E-state index contributed by atoms with van der Waals surface area (Å²) in [5.74, 6) is -0.630. The average Bonchev–Trinajstić information content (AvgIpc) is 3.11. The van der Waals surface area contributed by atoms with E-state index in [1.807, 2.05) is 30.4 Å². The molecule has 0 heterocycles. The van der Waals surface area contributed by atoms with Crippen molar-refractivity contribution < 1.29 is 14.3 Å². The molecule has 1 aromatic carbocycles. The molecule has 0 fully saturated rings. The van der Waals surface area contributed by atoms with Crippen LogP contribution in [0.2, 0.25) is 0 Å². The largest absolute Gasteiger partial charge is 0.462 e. The zero-order chi connectivity index (χ0) is 18.8. The van der Waals surface area contributed by atoms with Gasteiger partial charge >= 0.3 is 5.97 Å². The van der Waals surface area contributed by atoms with Crippen LogP contribution in [0.15, 0.2) is 101 Å². The van der Waals surface area contributed by atoms with Crippen LogP contribution < -0.4 is 0 Å². The maximum atomic E-state index is 13.2. The number of Topliss-reactive ketones (excluding diaryl/α,β-unsaturated/α-hetero) is 1. The predicted molar refractivity (Wildman–Crippen MR) is 105 cm³/mol. The molecule has 0 N–H and O–H groups in total. The highest BCUT2D eigenvalue weighted by atomic mass is 16.5. The summed E-state index contributed by atoms with van der Waals surface area (Å²) in [6.45, 7) is 1.98. The molecule has 0 bridgehead atoms. The van der Waals surface area contributed by atoms with Crippen molar-refractivity contribution in [2.24, 2.45) is 11.8 Å². The van der Waals surface area contributed by atoms with Crippen molar-refractivity contribution in [3.63, 3.8) is 0 Å². The molecule has 0 atom stereocenters. The molecule has 27 heavy (non-hydrogen) atoms. The minimum absolute atomic E-state index is 0.102. The first-order chi connectivity index (χ1) is 13.2. The van der Waals surface area contributed by atoms with Gasteiger partial charge in [-0.25, -0.2) is 4.79 Å². The van der Waals surface area contributed by atoms with E-state index < -0.39 is 5.97 Å². The number of ketones is 1. The molecule has 3 heteroatoms. The minimum atomic E-state index is -0.550. The maximum Gasteiger partial charge on any atom is 0.342 e. The van der Waals surface area contributed by atoms with E-state index in [2.05, 4.69) is 24.3 Å². The Morgan fingerprint density at radius 3 is 1.85 bits per heavy atom. The quantitative estimate of drug-likeness (QED) is 0.247. The summed E-state index contributed by atoms with van der Waals surface area (Å²) in [7, 11) is 0. The highest BCUT2D eigenvalue weighted by molar-refractivity contribution is 6.26. The number of rotatable bonds is 6. The van der Waals surface area contributed by atoms with Crippen LogP contribution in [0, 0.1) is 11.8 Å². The van der Waals surface area contributed by atoms with Crippen molar-refractivity contribution in [1.82, 2.24) is 0 Å². The molecule has 0 saturated heterocycles. The second-order valence-corrected chi connectivity index (χ2v) is 6.58. The van der Waals surface area contributed by atoms with E-state index in [0.717, 1.165) is 16.7 Å². The molecule has 3 aliphatic carbocycles. The molecule has 4 rings (SSSR count). The first-order valence-electron chi connectivity index (χ1n) is 9.18. The average molecular weight is 356 g/mol. The van der Waals surface area contributed by atoms with Gasteiger partial charge in [0.05, 0.1) is 6.61 Å². The van der Waals surface area contributed by atoms with Crippen molar-refractivity contribution in [2.75, 3.05) is 6.61 Å². The van der Waals surface area contributed by atoms with Crippen molar-refractivity contribution in [3.05, 3.63) is 107 Å². The van der Waals surface area contributed by atoms with Crippen LogP contribution in [0.1, 0.15) is 17.3 Å². The van der Waals surface area contributed by atoms with Crippen LogP contribution in [0.3, 0.4) is 0 Å². The number of ether oxygens (including phenoxy) is 1. The fourth-order valence-corrected chi connectivity index (χ4v) is 3.67. The molecule has 0 unspecified atom stereocenters. The summed E-state index contributed by atoms with van der Waals surface area (Å²) in [6, 6.07) is 8.91. The van der Waals surface area contributed by atoms with E-state index in [9.17, 15) is 9.59 Å². The predicted octanol–water partition coefficient (Wildman–Crippen LogP) is 4.52. The monoisotopic (exact) mass is 356 g/mol. The minimum Gasteiger partial charge on any atom is -0.462 e. The third-order valence-electron chi connectivity index (χ3n) is 4.92. The third kappa shape index (κ3) is 3.17. The van der Waals surface area contributed by atoms with E-state index >= 15 is 0 Å². The highest BCUT2D eigenvalue weighted by Crippen LogP contribution is 2.53. The molecule has 0 amide bonds. The number of benzene rings is 1. The van der Waals surface area contributed by atoms with Crippen LogP contribution >= 0.6 is 0 Å². The summed E-state index contributed by atoms with van der Waals surface area (Å²) in [6.07, 6.45) is 16.3. The molecule has 1 aromatic rings. The van der Waals surface area contributed by atoms with E-state index in [0.29, 0.717) is 5.56 Å². The Balaban J connectivity index is 1.81. The van der Waals surface area contributed by atoms with E-state index in [1.54, 1.807) is 31.2 Å². The van der Waals surface area contributed by atoms with Crippen LogP contribution in [-0.2, 0) is 9.53 Å². The van der Waals surface area contributed by atoms with Gasteiger partial charge in [0.15, 0.2) is 0 Å². The van der Waals surface area contributed by atoms with Gasteiger partial charge in [0.1, 0.15) is 5.57 Å². The van der Waals surface area contributed by atoms with Gasteiger partial charge in [-0.15, -0.1) is 0 Å². The number of carbonyl (C=O) groups is 2. The number of hydrogen-bond acceptors (Lipinski definition) is 3. The van der Waals surface area contributed by atoms with Gasteiger partial charge in [0.25, 0.3) is 0 Å². The lowest BCUT2D eigenvalue weighted by atomic mass is 9.97. The molecule has 3 aliphatic rings. The first-order valence-corrected chi connectivity index (χ1v) is 9.18. The highest BCUT2D eigenvalue weighted by Gasteiger charge is 2.43. The van der Waals surface area contributed by atoms with Gasteiger partial charge in [-0.3, -0.25) is 4.79 Å². The normalized spacial score (nSPS) is 17.9. The Morgan fingerprint density at radius 2 is 1.37 bits per heavy atom. The SMILES string of the molecule is CCOC(=O)C(C(=O)c1ccccc1)=C1C(C2C=CC=C2)=C1C1C=CC=C1. The lowest BCUT2D eigenvalue weighted by molar-refractivity contribution is -0.138. The third-order valence-corrected chi connectivity index (χ3v) is 4.92. The van der Waals surface area contributed by atoms with E-state index in [4.69, 9.17) is 4.74 Å². The molecular weight excluding hydrogens is 336 g/mol. The Kier molecular flexibility index (Phi) is 4.59. The van der Waals surface area contributed by atoms with Gasteiger partial charge < -0.3 is 4.74 Å². The number of hydrogen-bond donors (Lipinski definition) is 0. The van der Waals surface area contributed by atoms with Crippen molar-refractivity contribution >= 4 is 11.8 Å². The van der Waals surface area contributed by atoms with Crippen LogP contribution in [0.4, 0.5) is 0 Å². The van der Waals surface area contributed by atoms with Crippen LogP contribution in [0.5, 0.6) is 0 Å². The van der Waals surface area contributed by atoms with Gasteiger partial charge in [-0.2, -0.15) is 0 Å². The maximum absolute atomic E-state index is 13.2. The van der Waals surface area contributed by atoms with E-state index in [1.165, 1.54) is 0 Å². The van der Waals surface area contributed by atoms with Crippen molar-refractivity contribution in [2.45, 2.75) is 6.92 Å². The lowest BCUT2D eigenvalue weighted by Gasteiger charge is -2.08. The summed E-state index contributed by atoms with van der Waals surface area (Å²) in [5, 5.41) is 0. The molecule has 0 spiro atoms. The lowest BCUT2D eigenvalue weighted by Crippen LogP contribution is -2.17. The summed E-state index contributed by atoms with van der Waals surface area (Å²) in [5.41, 5.74) is 3.54. The Hall–Kier alpha value is -3.20. The van der Waals surface area contributed by atoms with Crippen LogP contribution in [0.25, 0.3) is 0 Å². The molecule has 134 valence electrons. The number of allylic oxidation sites excluding steroid dienone is 11. The van der Waals surface area contributed by atoms with Crippen molar-refractivity contribution in [1.29, 1.82) is 0 Å². The van der Waals surface area contributed by atoms with Crippen molar-refractivity contribution in [3.8, 4) is 0 Å². The molecule has 3 nitrogen and oxygen atoms in total. The summed E-state index contributed by atoms with van der Waals surface area (Å²) < 4.78 is 5.25. The Labute approximate surface area is 158 Å². The fraction of sp³-hybridized carbons (Fsp3) is 0.167. The van der Waals surface area contributed by atoms with Gasteiger partial charge in [0.2, 0.25) is 5.78 Å². The van der Waals surface area contributed by atoms with Gasteiger partial charge in [-0.05, 0) is 18.1 Å². The molecular formula is C24H20O3. The molecule has 0 aliphatic heterocycles. The number of esters is 1. The van der Waals surface area contributed by atoms with Gasteiger partial charge in [0, 0.05) is 23.0 Å². The zero-order valence-corrected chi connectivity index (χ0v) is 15.1. The molecule has 0 saturated carbocycles. The second kappa shape index (κ2) is 7.20. The second-order valence-electron chi connectivity index (χ2n) is 6.58. The molecule has 0 radical (unpaired) electrons. The topological polar surface area (TPSA) is 43.4 Å². The zero-order valence-electron chi connectivity index (χ0n) is 15.1. The summed E-state index contributed by atoms with van der Waals surface area (Å²) in [4.78, 5) is 26.0. The number of carbonyl (C=O) groups excluding carboxylic acids is 2. The Bertz CT molecular complexity index is 904. The van der Waals surface area contributed by atoms with Gasteiger partial charge in [-0.1, -0.05) is 78.9 Å².